The van der Waals surface area contributed by atoms with E-state index >= 15 is 0 Å². The summed E-state index contributed by atoms with van der Waals surface area (Å²) < 4.78 is 0. The molecule has 0 radical (unpaired) electrons. The summed E-state index contributed by atoms with van der Waals surface area (Å²) in [4.78, 5) is 23.5. The van der Waals surface area contributed by atoms with Crippen LogP contribution in [0.1, 0.15) is 64.2 Å². The molecule has 2 rings (SSSR count). The van der Waals surface area contributed by atoms with Crippen LogP contribution in [0.2, 0.25) is 0 Å². The van der Waals surface area contributed by atoms with Crippen molar-refractivity contribution in [2.45, 2.75) is 70.3 Å². The molecule has 2 amide bonds. The van der Waals surface area contributed by atoms with Gasteiger partial charge in [-0.05, 0) is 37.5 Å². The van der Waals surface area contributed by atoms with Crippen molar-refractivity contribution in [3.63, 3.8) is 0 Å². The van der Waals surface area contributed by atoms with Crippen LogP contribution in [0.15, 0.2) is 0 Å². The van der Waals surface area contributed by atoms with Crippen molar-refractivity contribution < 1.29 is 14.7 Å². The summed E-state index contributed by atoms with van der Waals surface area (Å²) in [6.45, 7) is 0.310. The van der Waals surface area contributed by atoms with Gasteiger partial charge in [0.05, 0.1) is 12.6 Å². The average Bonchev–Trinajstić information content (AvgIpc) is 3.06. The largest absolute Gasteiger partial charge is 0.391 e. The van der Waals surface area contributed by atoms with Gasteiger partial charge in [0.2, 0.25) is 11.8 Å². The molecule has 2 saturated carbocycles. The lowest BCUT2D eigenvalue weighted by Gasteiger charge is -2.21. The van der Waals surface area contributed by atoms with Crippen LogP contribution >= 0.6 is 0 Å². The Morgan fingerprint density at radius 1 is 0.909 bits per heavy atom. The molecule has 0 bridgehead atoms. The van der Waals surface area contributed by atoms with Gasteiger partial charge in [-0.25, -0.2) is 0 Å². The Hall–Kier alpha value is -1.10. The monoisotopic (exact) mass is 310 g/mol. The van der Waals surface area contributed by atoms with Crippen molar-refractivity contribution in [2.24, 2.45) is 11.8 Å². The first-order valence-corrected chi connectivity index (χ1v) is 8.86. The van der Waals surface area contributed by atoms with Crippen LogP contribution in [0.4, 0.5) is 0 Å². The van der Waals surface area contributed by atoms with Crippen molar-refractivity contribution in [3.8, 4) is 0 Å². The van der Waals surface area contributed by atoms with Crippen molar-refractivity contribution >= 4 is 11.8 Å². The second-order valence-electron chi connectivity index (χ2n) is 6.90. The van der Waals surface area contributed by atoms with Gasteiger partial charge in [0, 0.05) is 13.0 Å². The Balaban J connectivity index is 1.55. The normalized spacial score (nSPS) is 21.5. The Labute approximate surface area is 133 Å². The van der Waals surface area contributed by atoms with E-state index in [0.29, 0.717) is 24.8 Å². The zero-order chi connectivity index (χ0) is 15.8. The third-order valence-electron chi connectivity index (χ3n) is 5.10. The van der Waals surface area contributed by atoms with E-state index in [0.717, 1.165) is 25.7 Å². The number of hydrogen-bond acceptors (Lipinski definition) is 3. The number of rotatable bonds is 7. The number of nitrogens with one attached hydrogen (secondary N) is 2. The fourth-order valence-electron chi connectivity index (χ4n) is 3.69. The van der Waals surface area contributed by atoms with Crippen LogP contribution in [-0.4, -0.2) is 36.1 Å². The van der Waals surface area contributed by atoms with Crippen LogP contribution in [0.25, 0.3) is 0 Å². The van der Waals surface area contributed by atoms with Gasteiger partial charge < -0.3 is 15.7 Å². The quantitative estimate of drug-likeness (QED) is 0.670. The molecule has 5 heteroatoms. The zero-order valence-corrected chi connectivity index (χ0v) is 13.5. The Bertz CT molecular complexity index is 361. The highest BCUT2D eigenvalue weighted by Crippen LogP contribution is 2.27. The Kier molecular flexibility index (Phi) is 7.16. The second kappa shape index (κ2) is 9.13. The lowest BCUT2D eigenvalue weighted by Crippen LogP contribution is -2.41. The summed E-state index contributed by atoms with van der Waals surface area (Å²) in [6.07, 6.45) is 10.5. The van der Waals surface area contributed by atoms with Crippen LogP contribution in [0.3, 0.4) is 0 Å². The molecule has 5 nitrogen and oxygen atoms in total. The molecule has 0 spiro atoms. The zero-order valence-electron chi connectivity index (χ0n) is 13.5. The highest BCUT2D eigenvalue weighted by Gasteiger charge is 2.23. The maximum Gasteiger partial charge on any atom is 0.239 e. The maximum absolute atomic E-state index is 11.8. The summed E-state index contributed by atoms with van der Waals surface area (Å²) in [5.74, 6) is 0.564. The highest BCUT2D eigenvalue weighted by molar-refractivity contribution is 5.84. The van der Waals surface area contributed by atoms with E-state index in [-0.39, 0.29) is 18.4 Å². The van der Waals surface area contributed by atoms with Crippen molar-refractivity contribution in [1.82, 2.24) is 10.6 Å². The number of hydrogen-bond donors (Lipinski definition) is 3. The SMILES string of the molecule is O=C(CNC(=O)CC1CCCCC1)NCC(O)C1CCCC1. The lowest BCUT2D eigenvalue weighted by molar-refractivity contribution is -0.127. The van der Waals surface area contributed by atoms with E-state index in [1.165, 1.54) is 32.1 Å². The number of carbonyl (C=O) groups excluding carboxylic acids is 2. The molecule has 1 unspecified atom stereocenters. The molecule has 2 aliphatic carbocycles. The van der Waals surface area contributed by atoms with E-state index in [1.54, 1.807) is 0 Å². The summed E-state index contributed by atoms with van der Waals surface area (Å²) in [6, 6.07) is 0. The number of carbonyl (C=O) groups is 2. The molecule has 0 aliphatic heterocycles. The van der Waals surface area contributed by atoms with Crippen LogP contribution in [0.5, 0.6) is 0 Å². The molecule has 3 N–H and O–H groups in total. The van der Waals surface area contributed by atoms with Gasteiger partial charge in [-0.2, -0.15) is 0 Å². The van der Waals surface area contributed by atoms with E-state index in [9.17, 15) is 14.7 Å². The predicted molar refractivity (Wildman–Crippen MR) is 85.2 cm³/mol. The lowest BCUT2D eigenvalue weighted by atomic mass is 9.87. The van der Waals surface area contributed by atoms with Gasteiger partial charge in [-0.3, -0.25) is 9.59 Å². The summed E-state index contributed by atoms with van der Waals surface area (Å²) in [5, 5.41) is 15.4. The topological polar surface area (TPSA) is 78.4 Å². The van der Waals surface area contributed by atoms with E-state index in [1.807, 2.05) is 0 Å². The third-order valence-corrected chi connectivity index (χ3v) is 5.10. The molecule has 0 aromatic carbocycles. The van der Waals surface area contributed by atoms with E-state index in [4.69, 9.17) is 0 Å². The molecule has 1 atom stereocenters. The number of aliphatic hydroxyl groups is 1. The molecule has 22 heavy (non-hydrogen) atoms. The van der Waals surface area contributed by atoms with E-state index < -0.39 is 6.10 Å². The van der Waals surface area contributed by atoms with Gasteiger partial charge in [-0.1, -0.05) is 32.1 Å². The molecule has 126 valence electrons. The molecular weight excluding hydrogens is 280 g/mol. The highest BCUT2D eigenvalue weighted by atomic mass is 16.3. The second-order valence-corrected chi connectivity index (χ2v) is 6.90. The molecule has 0 aromatic rings. The van der Waals surface area contributed by atoms with Crippen LogP contribution in [-0.2, 0) is 9.59 Å². The Morgan fingerprint density at radius 3 is 2.23 bits per heavy atom. The number of amides is 2. The standard InChI is InChI=1S/C17H30N2O3/c20-15(14-8-4-5-9-14)11-18-17(22)12-19-16(21)10-13-6-2-1-3-7-13/h13-15,20H,1-12H2,(H,18,22)(H,19,21). The first-order chi connectivity index (χ1) is 10.6. The maximum atomic E-state index is 11.8. The molecule has 2 aliphatic rings. The number of aliphatic hydroxyl groups excluding tert-OH is 1. The minimum atomic E-state index is -0.454. The average molecular weight is 310 g/mol. The fourth-order valence-corrected chi connectivity index (χ4v) is 3.69. The van der Waals surface area contributed by atoms with Gasteiger partial charge in [0.15, 0.2) is 0 Å². The molecule has 0 aromatic heterocycles. The van der Waals surface area contributed by atoms with Gasteiger partial charge in [0.25, 0.3) is 0 Å². The van der Waals surface area contributed by atoms with E-state index in [2.05, 4.69) is 10.6 Å². The van der Waals surface area contributed by atoms with Gasteiger partial charge in [-0.15, -0.1) is 0 Å². The molecule has 2 fully saturated rings. The molecule has 0 heterocycles. The minimum absolute atomic E-state index is 0.0168. The van der Waals surface area contributed by atoms with Gasteiger partial charge >= 0.3 is 0 Å². The Morgan fingerprint density at radius 2 is 1.55 bits per heavy atom. The van der Waals surface area contributed by atoms with Crippen LogP contribution in [0, 0.1) is 11.8 Å². The minimum Gasteiger partial charge on any atom is -0.391 e. The third kappa shape index (κ3) is 5.95. The van der Waals surface area contributed by atoms with Crippen molar-refractivity contribution in [1.29, 1.82) is 0 Å². The molecular formula is C17H30N2O3. The van der Waals surface area contributed by atoms with Crippen LogP contribution < -0.4 is 10.6 Å². The predicted octanol–water partition coefficient (Wildman–Crippen LogP) is 1.74. The first kappa shape index (κ1) is 17.3. The van der Waals surface area contributed by atoms with Crippen molar-refractivity contribution in [2.75, 3.05) is 13.1 Å². The molecule has 0 saturated heterocycles. The summed E-state index contributed by atoms with van der Waals surface area (Å²) in [7, 11) is 0. The van der Waals surface area contributed by atoms with Gasteiger partial charge in [0.1, 0.15) is 0 Å². The smallest absolute Gasteiger partial charge is 0.239 e. The van der Waals surface area contributed by atoms with Crippen molar-refractivity contribution in [3.05, 3.63) is 0 Å². The summed E-state index contributed by atoms with van der Waals surface area (Å²) in [5.41, 5.74) is 0. The summed E-state index contributed by atoms with van der Waals surface area (Å²) >= 11 is 0. The fraction of sp³-hybridized carbons (Fsp3) is 0.882. The first-order valence-electron chi connectivity index (χ1n) is 8.86.